The highest BCUT2D eigenvalue weighted by Crippen LogP contribution is 2.29. The first-order valence-corrected chi connectivity index (χ1v) is 6.03. The van der Waals surface area contributed by atoms with Crippen molar-refractivity contribution in [2.45, 2.75) is 31.4 Å². The lowest BCUT2D eigenvalue weighted by Gasteiger charge is -2.35. The number of hydrogen-bond donors (Lipinski definition) is 2. The lowest BCUT2D eigenvalue weighted by Crippen LogP contribution is -2.57. The third-order valence-electron chi connectivity index (χ3n) is 2.90. The first-order valence-electron chi connectivity index (χ1n) is 7.03. The van der Waals surface area contributed by atoms with E-state index >= 15 is 0 Å². The van der Waals surface area contributed by atoms with E-state index in [1.54, 1.807) is 0 Å². The van der Waals surface area contributed by atoms with Gasteiger partial charge in [0.05, 0.1) is 26.9 Å². The van der Waals surface area contributed by atoms with E-state index in [-0.39, 0.29) is 24.8 Å². The summed E-state index contributed by atoms with van der Waals surface area (Å²) in [7, 11) is 0. The minimum atomic E-state index is -4.50. The van der Waals surface area contributed by atoms with E-state index in [4.69, 9.17) is 2.74 Å². The van der Waals surface area contributed by atoms with Crippen LogP contribution in [-0.2, 0) is 10.9 Å². The standard InChI is InChI=1S/C12H14F5N3O.ClH/c1-7-9(20-6-11(13,14)21-7)5-19-10-3-2-8(4-18-10)12(15,16)17;/h2-4,7,9,20H,5-6H2,1H3,(H,18,19);1H/t7-,9+;/m0./s1/i6D2;. The molecular weight excluding hydrogens is 333 g/mol. The Labute approximate surface area is 132 Å². The highest BCUT2D eigenvalue weighted by atomic mass is 35.5. The zero-order valence-corrected chi connectivity index (χ0v) is 12.1. The molecular formula is C12H15ClF5N3O. The van der Waals surface area contributed by atoms with Crippen molar-refractivity contribution >= 4 is 18.2 Å². The largest absolute Gasteiger partial charge is 0.417 e. The predicted molar refractivity (Wildman–Crippen MR) is 72.3 cm³/mol. The predicted octanol–water partition coefficient (Wildman–Crippen LogP) is 2.90. The number of hydrogen-bond acceptors (Lipinski definition) is 4. The summed E-state index contributed by atoms with van der Waals surface area (Å²) in [6, 6.07) is 1.10. The SMILES string of the molecule is Cl.[2H]C1([2H])N[C@H](CNc2ccc(C(F)(F)F)cn2)[C@H](C)OC1(F)F. The van der Waals surface area contributed by atoms with E-state index in [0.717, 1.165) is 12.1 Å². The van der Waals surface area contributed by atoms with Crippen molar-refractivity contribution in [2.75, 3.05) is 18.4 Å². The maximum atomic E-state index is 13.3. The number of pyridine rings is 1. The molecule has 0 aliphatic carbocycles. The second-order valence-corrected chi connectivity index (χ2v) is 4.53. The molecule has 0 aromatic carbocycles. The van der Waals surface area contributed by atoms with Crippen molar-refractivity contribution < 1.29 is 29.4 Å². The maximum absolute atomic E-state index is 13.3. The van der Waals surface area contributed by atoms with Crippen LogP contribution in [0.2, 0.25) is 0 Å². The van der Waals surface area contributed by atoms with Gasteiger partial charge in [0.15, 0.2) is 0 Å². The van der Waals surface area contributed by atoms with E-state index in [1.807, 2.05) is 0 Å². The van der Waals surface area contributed by atoms with Gasteiger partial charge < -0.3 is 15.4 Å². The maximum Gasteiger partial charge on any atom is 0.417 e. The van der Waals surface area contributed by atoms with Crippen molar-refractivity contribution in [3.05, 3.63) is 23.9 Å². The first-order chi connectivity index (χ1) is 10.4. The van der Waals surface area contributed by atoms with E-state index in [1.165, 1.54) is 6.92 Å². The molecule has 1 aromatic heterocycles. The number of rotatable bonds is 3. The van der Waals surface area contributed by atoms with Crippen LogP contribution < -0.4 is 10.6 Å². The molecule has 1 aromatic rings. The van der Waals surface area contributed by atoms with Gasteiger partial charge in [0.2, 0.25) is 0 Å². The minimum Gasteiger partial charge on any atom is -0.368 e. The highest BCUT2D eigenvalue weighted by Gasteiger charge is 2.40. The third-order valence-corrected chi connectivity index (χ3v) is 2.90. The summed E-state index contributed by atoms with van der Waals surface area (Å²) in [4.78, 5) is 3.58. The molecule has 1 aliphatic heterocycles. The monoisotopic (exact) mass is 349 g/mol. The zero-order chi connectivity index (χ0) is 17.5. The lowest BCUT2D eigenvalue weighted by atomic mass is 10.1. The van der Waals surface area contributed by atoms with Gasteiger partial charge in [-0.05, 0) is 19.1 Å². The van der Waals surface area contributed by atoms with Crippen LogP contribution in [0.15, 0.2) is 18.3 Å². The molecule has 1 saturated heterocycles. The molecule has 4 nitrogen and oxygen atoms in total. The van der Waals surface area contributed by atoms with Gasteiger partial charge in [-0.1, -0.05) is 0 Å². The highest BCUT2D eigenvalue weighted by molar-refractivity contribution is 5.85. The lowest BCUT2D eigenvalue weighted by molar-refractivity contribution is -0.278. The summed E-state index contributed by atoms with van der Waals surface area (Å²) in [5.41, 5.74) is -0.911. The van der Waals surface area contributed by atoms with Crippen LogP contribution in [-0.4, -0.2) is 36.3 Å². The Morgan fingerprint density at radius 1 is 1.50 bits per heavy atom. The summed E-state index contributed by atoms with van der Waals surface area (Å²) >= 11 is 0. The molecule has 2 N–H and O–H groups in total. The van der Waals surface area contributed by atoms with E-state index in [9.17, 15) is 22.0 Å². The van der Waals surface area contributed by atoms with Gasteiger partial charge >= 0.3 is 12.3 Å². The molecule has 22 heavy (non-hydrogen) atoms. The Morgan fingerprint density at radius 3 is 2.73 bits per heavy atom. The fourth-order valence-electron chi connectivity index (χ4n) is 1.74. The van der Waals surface area contributed by atoms with Crippen LogP contribution in [0.3, 0.4) is 0 Å². The van der Waals surface area contributed by atoms with Crippen molar-refractivity contribution in [3.63, 3.8) is 0 Å². The molecule has 0 saturated carbocycles. The van der Waals surface area contributed by atoms with Crippen LogP contribution in [0.1, 0.15) is 15.2 Å². The minimum absolute atomic E-state index is 0. The van der Waals surface area contributed by atoms with Gasteiger partial charge in [0.25, 0.3) is 0 Å². The normalized spacial score (nSPS) is 28.1. The van der Waals surface area contributed by atoms with Gasteiger partial charge in [0, 0.05) is 12.7 Å². The zero-order valence-electron chi connectivity index (χ0n) is 13.2. The average Bonchev–Trinajstić information content (AvgIpc) is 2.40. The van der Waals surface area contributed by atoms with E-state index in [2.05, 4.69) is 20.4 Å². The molecule has 0 unspecified atom stereocenters. The van der Waals surface area contributed by atoms with Gasteiger partial charge in [0.1, 0.15) is 5.82 Å². The second-order valence-electron chi connectivity index (χ2n) is 4.53. The number of aromatic nitrogens is 1. The Bertz CT molecular complexity index is 559. The molecule has 2 rings (SSSR count). The fraction of sp³-hybridized carbons (Fsp3) is 0.583. The number of ether oxygens (including phenoxy) is 1. The number of halogens is 6. The average molecular weight is 350 g/mol. The summed E-state index contributed by atoms with van der Waals surface area (Å²) < 4.78 is 82.7. The Morgan fingerprint density at radius 2 is 2.18 bits per heavy atom. The molecule has 0 spiro atoms. The van der Waals surface area contributed by atoms with Crippen LogP contribution in [0.5, 0.6) is 0 Å². The van der Waals surface area contributed by atoms with Crippen LogP contribution >= 0.6 is 12.4 Å². The number of morpholine rings is 1. The molecule has 2 atom stereocenters. The van der Waals surface area contributed by atoms with Gasteiger partial charge in [-0.3, -0.25) is 0 Å². The first kappa shape index (κ1) is 15.7. The van der Waals surface area contributed by atoms with Crippen molar-refractivity contribution in [3.8, 4) is 0 Å². The smallest absolute Gasteiger partial charge is 0.368 e. The van der Waals surface area contributed by atoms with Gasteiger partial charge in [-0.25, -0.2) is 4.98 Å². The van der Waals surface area contributed by atoms with Gasteiger partial charge in [-0.15, -0.1) is 12.4 Å². The quantitative estimate of drug-likeness (QED) is 0.824. The molecule has 0 amide bonds. The number of anilines is 1. The van der Waals surface area contributed by atoms with Crippen molar-refractivity contribution in [1.29, 1.82) is 0 Å². The Kier molecular flexibility index (Phi) is 4.94. The molecule has 126 valence electrons. The van der Waals surface area contributed by atoms with Crippen LogP contribution in [0.4, 0.5) is 27.8 Å². The molecule has 1 aliphatic rings. The summed E-state index contributed by atoms with van der Waals surface area (Å²) in [6.07, 6.45) is -8.85. The van der Waals surface area contributed by atoms with Crippen LogP contribution in [0, 0.1) is 0 Å². The van der Waals surface area contributed by atoms with E-state index < -0.39 is 36.5 Å². The number of nitrogens with one attached hydrogen (secondary N) is 2. The molecule has 0 bridgehead atoms. The van der Waals surface area contributed by atoms with Crippen molar-refractivity contribution in [1.82, 2.24) is 10.3 Å². The molecule has 10 heteroatoms. The molecule has 0 radical (unpaired) electrons. The van der Waals surface area contributed by atoms with Crippen LogP contribution in [0.25, 0.3) is 0 Å². The van der Waals surface area contributed by atoms with Gasteiger partial charge in [-0.2, -0.15) is 22.0 Å². The summed E-state index contributed by atoms with van der Waals surface area (Å²) in [6.45, 7) is -1.78. The number of nitrogens with zero attached hydrogens (tertiary/aromatic N) is 1. The Hall–Kier alpha value is -1.19. The third kappa shape index (κ3) is 4.92. The topological polar surface area (TPSA) is 46.2 Å². The van der Waals surface area contributed by atoms with E-state index in [0.29, 0.717) is 6.20 Å². The Balaban J connectivity index is 0.00000288. The summed E-state index contributed by atoms with van der Waals surface area (Å²) in [5, 5.41) is 4.78. The van der Waals surface area contributed by atoms with Crippen molar-refractivity contribution in [2.24, 2.45) is 0 Å². The molecule has 2 heterocycles. The number of alkyl halides is 5. The fourth-order valence-corrected chi connectivity index (χ4v) is 1.74. The summed E-state index contributed by atoms with van der Waals surface area (Å²) in [5.74, 6) is 0.102. The molecule has 1 fully saturated rings. The second kappa shape index (κ2) is 6.93.